The lowest BCUT2D eigenvalue weighted by atomic mass is 10.1. The summed E-state index contributed by atoms with van der Waals surface area (Å²) in [5.41, 5.74) is -2.75. The third-order valence-corrected chi connectivity index (χ3v) is 4.44. The van der Waals surface area contributed by atoms with Gasteiger partial charge in [0.1, 0.15) is 0 Å². The zero-order chi connectivity index (χ0) is 16.7. The zero-order valence-corrected chi connectivity index (χ0v) is 12.5. The van der Waals surface area contributed by atoms with E-state index in [1.807, 2.05) is 0 Å². The first-order chi connectivity index (χ1) is 10.0. The number of benzene rings is 1. The number of hydrogen-bond donors (Lipinski definition) is 1. The molecule has 0 amide bonds. The fourth-order valence-corrected chi connectivity index (χ4v) is 3.50. The van der Waals surface area contributed by atoms with Crippen LogP contribution in [-0.2, 0) is 16.4 Å². The third-order valence-electron chi connectivity index (χ3n) is 2.81. The van der Waals surface area contributed by atoms with Gasteiger partial charge in [-0.2, -0.15) is 30.3 Å². The third kappa shape index (κ3) is 3.00. The quantitative estimate of drug-likeness (QED) is 0.935. The first-order valence-corrected chi connectivity index (χ1v) is 7.73. The Morgan fingerprint density at radius 1 is 1.18 bits per heavy atom. The molecule has 0 radical (unpaired) electrons. The topological polar surface area (TPSA) is 68.2 Å². The van der Waals surface area contributed by atoms with Crippen LogP contribution >= 0.6 is 0 Å². The minimum atomic E-state index is -4.76. The van der Waals surface area contributed by atoms with Crippen LogP contribution in [0.15, 0.2) is 35.1 Å². The molecule has 22 heavy (non-hydrogen) atoms. The second-order valence-electron chi connectivity index (χ2n) is 4.95. The molecule has 0 aliphatic heterocycles. The number of nitrogens with zero attached hydrogens (tertiary/aromatic N) is 1. The van der Waals surface area contributed by atoms with Crippen molar-refractivity contribution >= 4 is 21.1 Å². The van der Waals surface area contributed by atoms with Crippen LogP contribution < -0.4 is 10.3 Å². The van der Waals surface area contributed by atoms with Crippen molar-refractivity contribution in [2.45, 2.75) is 26.1 Å². The van der Waals surface area contributed by atoms with Crippen molar-refractivity contribution < 1.29 is 21.6 Å². The van der Waals surface area contributed by atoms with E-state index in [4.69, 9.17) is 0 Å². The summed E-state index contributed by atoms with van der Waals surface area (Å²) in [4.78, 5) is 12.0. The van der Waals surface area contributed by atoms with E-state index in [1.54, 1.807) is 0 Å². The van der Waals surface area contributed by atoms with Gasteiger partial charge >= 0.3 is 16.4 Å². The molecule has 0 saturated heterocycles. The van der Waals surface area contributed by atoms with E-state index in [1.165, 1.54) is 26.0 Å². The highest BCUT2D eigenvalue weighted by Gasteiger charge is 2.35. The van der Waals surface area contributed by atoms with Crippen molar-refractivity contribution in [2.24, 2.45) is 0 Å². The standard InChI is InChI=1S/C13H13F3N2O3S/c1-8(2)17-22(20,21)18-11-6-4-3-5-9(11)10(7-12(18)19)13(14,15)16/h3-8,17H,1-2H3. The fraction of sp³-hybridized carbons (Fsp3) is 0.308. The highest BCUT2D eigenvalue weighted by molar-refractivity contribution is 7.88. The van der Waals surface area contributed by atoms with Crippen molar-refractivity contribution in [2.75, 3.05) is 0 Å². The molecule has 1 aromatic heterocycles. The second-order valence-corrected chi connectivity index (χ2v) is 6.50. The molecular formula is C13H13F3N2O3S. The maximum Gasteiger partial charge on any atom is 0.417 e. The molecule has 0 fully saturated rings. The Kier molecular flexibility index (Phi) is 4.05. The number of nitrogens with one attached hydrogen (secondary N) is 1. The summed E-state index contributed by atoms with van der Waals surface area (Å²) < 4.78 is 66.0. The minimum Gasteiger partial charge on any atom is -0.268 e. The Morgan fingerprint density at radius 2 is 1.77 bits per heavy atom. The minimum absolute atomic E-state index is 0.294. The number of halogens is 3. The van der Waals surface area contributed by atoms with Gasteiger partial charge in [-0.25, -0.2) is 0 Å². The van der Waals surface area contributed by atoms with Gasteiger partial charge in [-0.1, -0.05) is 18.2 Å². The van der Waals surface area contributed by atoms with E-state index >= 15 is 0 Å². The molecular weight excluding hydrogens is 321 g/mol. The van der Waals surface area contributed by atoms with Crippen LogP contribution in [0.4, 0.5) is 13.2 Å². The summed E-state index contributed by atoms with van der Waals surface area (Å²) >= 11 is 0. The lowest BCUT2D eigenvalue weighted by Crippen LogP contribution is -2.40. The van der Waals surface area contributed by atoms with Gasteiger partial charge in [-0.05, 0) is 19.9 Å². The van der Waals surface area contributed by atoms with Crippen LogP contribution in [0.3, 0.4) is 0 Å². The SMILES string of the molecule is CC(C)NS(=O)(=O)n1c(=O)cc(C(F)(F)F)c2ccccc21. The van der Waals surface area contributed by atoms with Crippen LogP contribution in [0.25, 0.3) is 10.9 Å². The van der Waals surface area contributed by atoms with Crippen LogP contribution in [0.1, 0.15) is 19.4 Å². The normalized spacial score (nSPS) is 13.0. The summed E-state index contributed by atoms with van der Waals surface area (Å²) in [7, 11) is -4.29. The predicted octanol–water partition coefficient (Wildman–Crippen LogP) is 2.11. The predicted molar refractivity (Wildman–Crippen MR) is 75.8 cm³/mol. The molecule has 2 aromatic rings. The number of rotatable bonds is 3. The summed E-state index contributed by atoms with van der Waals surface area (Å²) in [6.45, 7) is 3.07. The molecule has 120 valence electrons. The van der Waals surface area contributed by atoms with Crippen molar-refractivity contribution in [1.29, 1.82) is 0 Å². The van der Waals surface area contributed by atoms with E-state index in [2.05, 4.69) is 4.72 Å². The van der Waals surface area contributed by atoms with Gasteiger partial charge in [0.25, 0.3) is 5.56 Å². The maximum atomic E-state index is 13.0. The molecule has 0 bridgehead atoms. The largest absolute Gasteiger partial charge is 0.417 e. The lowest BCUT2D eigenvalue weighted by Gasteiger charge is -2.16. The highest BCUT2D eigenvalue weighted by Crippen LogP contribution is 2.33. The molecule has 0 aliphatic carbocycles. The van der Waals surface area contributed by atoms with E-state index in [-0.39, 0.29) is 10.9 Å². The molecule has 0 spiro atoms. The van der Waals surface area contributed by atoms with Gasteiger partial charge in [0.15, 0.2) is 0 Å². The van der Waals surface area contributed by atoms with Crippen molar-refractivity contribution in [3.8, 4) is 0 Å². The molecule has 1 N–H and O–H groups in total. The fourth-order valence-electron chi connectivity index (χ4n) is 2.09. The van der Waals surface area contributed by atoms with Gasteiger partial charge in [0.2, 0.25) is 0 Å². The van der Waals surface area contributed by atoms with Crippen molar-refractivity contribution in [3.63, 3.8) is 0 Å². The molecule has 0 aliphatic rings. The smallest absolute Gasteiger partial charge is 0.268 e. The van der Waals surface area contributed by atoms with Crippen LogP contribution in [0, 0.1) is 0 Å². The average molecular weight is 334 g/mol. The second kappa shape index (κ2) is 5.40. The van der Waals surface area contributed by atoms with Crippen molar-refractivity contribution in [1.82, 2.24) is 8.69 Å². The van der Waals surface area contributed by atoms with Crippen LogP contribution in [0.5, 0.6) is 0 Å². The van der Waals surface area contributed by atoms with Crippen LogP contribution in [-0.4, -0.2) is 18.4 Å². The summed E-state index contributed by atoms with van der Waals surface area (Å²) in [5.74, 6) is 0. The zero-order valence-electron chi connectivity index (χ0n) is 11.7. The monoisotopic (exact) mass is 334 g/mol. The lowest BCUT2D eigenvalue weighted by molar-refractivity contribution is -0.136. The number of alkyl halides is 3. The van der Waals surface area contributed by atoms with Gasteiger partial charge in [0.05, 0.1) is 11.1 Å². The molecule has 0 atom stereocenters. The Hall–Kier alpha value is -1.87. The van der Waals surface area contributed by atoms with E-state index in [9.17, 15) is 26.4 Å². The molecule has 2 rings (SSSR count). The Labute approximate surface area is 124 Å². The van der Waals surface area contributed by atoms with Gasteiger partial charge in [-0.15, -0.1) is 0 Å². The number of pyridine rings is 1. The first kappa shape index (κ1) is 16.5. The van der Waals surface area contributed by atoms with Crippen LogP contribution in [0.2, 0.25) is 0 Å². The van der Waals surface area contributed by atoms with Gasteiger partial charge in [-0.3, -0.25) is 4.79 Å². The van der Waals surface area contributed by atoms with Gasteiger partial charge in [0, 0.05) is 17.5 Å². The number of hydrogen-bond acceptors (Lipinski definition) is 3. The Bertz CT molecular complexity index is 870. The summed E-state index contributed by atoms with van der Waals surface area (Å²) in [6, 6.07) is 4.77. The number of fused-ring (bicyclic) bond motifs is 1. The van der Waals surface area contributed by atoms with E-state index < -0.39 is 33.6 Å². The highest BCUT2D eigenvalue weighted by atomic mass is 32.2. The number of para-hydroxylation sites is 1. The van der Waals surface area contributed by atoms with Crippen molar-refractivity contribution in [3.05, 3.63) is 46.2 Å². The molecule has 1 aromatic carbocycles. The maximum absolute atomic E-state index is 13.0. The number of aromatic nitrogens is 1. The molecule has 0 unspecified atom stereocenters. The van der Waals surface area contributed by atoms with E-state index in [0.29, 0.717) is 10.0 Å². The molecule has 0 saturated carbocycles. The summed E-state index contributed by atoms with van der Waals surface area (Å²) in [6.07, 6.45) is -4.76. The Morgan fingerprint density at radius 3 is 2.32 bits per heavy atom. The molecule has 1 heterocycles. The molecule has 5 nitrogen and oxygen atoms in total. The summed E-state index contributed by atoms with van der Waals surface area (Å²) in [5, 5.41) is -0.358. The Balaban J connectivity index is 2.90. The molecule has 9 heteroatoms. The first-order valence-electron chi connectivity index (χ1n) is 6.29. The van der Waals surface area contributed by atoms with E-state index in [0.717, 1.165) is 12.1 Å². The average Bonchev–Trinajstić information content (AvgIpc) is 2.34. The van der Waals surface area contributed by atoms with Gasteiger partial charge < -0.3 is 0 Å².